The number of likely N-dealkylation sites (tertiary alicyclic amines) is 1. The van der Waals surface area contributed by atoms with Crippen LogP contribution in [0.5, 0.6) is 5.75 Å². The average Bonchev–Trinajstić information content (AvgIpc) is 3.17. The van der Waals surface area contributed by atoms with E-state index in [4.69, 9.17) is 4.74 Å². The van der Waals surface area contributed by atoms with Gasteiger partial charge in [-0.3, -0.25) is 9.59 Å². The fourth-order valence-corrected chi connectivity index (χ4v) is 4.92. The van der Waals surface area contributed by atoms with Crippen LogP contribution in [-0.4, -0.2) is 55.9 Å². The molecule has 0 unspecified atom stereocenters. The lowest BCUT2D eigenvalue weighted by Gasteiger charge is -2.33. The van der Waals surface area contributed by atoms with Crippen molar-refractivity contribution < 1.29 is 14.3 Å². The van der Waals surface area contributed by atoms with Crippen molar-refractivity contribution in [3.63, 3.8) is 0 Å². The van der Waals surface area contributed by atoms with Gasteiger partial charge in [-0.15, -0.1) is 0 Å². The Bertz CT molecular complexity index is 949. The van der Waals surface area contributed by atoms with Crippen LogP contribution >= 0.6 is 0 Å². The number of nitrogens with zero attached hydrogens (tertiary/aromatic N) is 2. The fourth-order valence-electron chi connectivity index (χ4n) is 4.92. The third-order valence-electron chi connectivity index (χ3n) is 6.89. The van der Waals surface area contributed by atoms with Crippen LogP contribution in [0.1, 0.15) is 31.2 Å². The Labute approximate surface area is 185 Å². The van der Waals surface area contributed by atoms with Crippen molar-refractivity contribution in [3.05, 3.63) is 54.1 Å². The van der Waals surface area contributed by atoms with E-state index in [1.807, 2.05) is 43.3 Å². The van der Waals surface area contributed by atoms with Gasteiger partial charge in [-0.25, -0.2) is 0 Å². The van der Waals surface area contributed by atoms with E-state index in [1.165, 1.54) is 0 Å². The Kier molecular flexibility index (Phi) is 6.03. The molecule has 2 aliphatic rings. The summed E-state index contributed by atoms with van der Waals surface area (Å²) in [6.07, 6.45) is 4.49. The van der Waals surface area contributed by atoms with Crippen molar-refractivity contribution in [3.8, 4) is 16.9 Å². The van der Waals surface area contributed by atoms with E-state index < -0.39 is 5.41 Å². The first-order valence-corrected chi connectivity index (χ1v) is 11.2. The second-order valence-corrected chi connectivity index (χ2v) is 9.19. The molecule has 2 aromatic carbocycles. The van der Waals surface area contributed by atoms with E-state index in [0.717, 1.165) is 48.1 Å². The molecule has 5 nitrogen and oxygen atoms in total. The second-order valence-electron chi connectivity index (χ2n) is 9.19. The van der Waals surface area contributed by atoms with Gasteiger partial charge < -0.3 is 14.5 Å². The van der Waals surface area contributed by atoms with Gasteiger partial charge in [0.15, 0.2) is 0 Å². The Morgan fingerprint density at radius 3 is 2.42 bits per heavy atom. The number of amides is 2. The summed E-state index contributed by atoms with van der Waals surface area (Å²) in [5.74, 6) is 1.37. The molecule has 0 radical (unpaired) electrons. The highest BCUT2D eigenvalue weighted by Crippen LogP contribution is 2.39. The molecule has 1 saturated heterocycles. The summed E-state index contributed by atoms with van der Waals surface area (Å²) in [7, 11) is 5.30. The molecular formula is C26H32N2O3. The van der Waals surface area contributed by atoms with Gasteiger partial charge in [-0.05, 0) is 42.9 Å². The molecular weight excluding hydrogens is 388 g/mol. The summed E-state index contributed by atoms with van der Waals surface area (Å²) in [5.41, 5.74) is 2.71. The molecule has 31 heavy (non-hydrogen) atoms. The molecule has 0 bridgehead atoms. The molecule has 2 aromatic rings. The molecule has 1 aliphatic heterocycles. The lowest BCUT2D eigenvalue weighted by molar-refractivity contribution is -0.141. The molecule has 0 aromatic heterocycles. The van der Waals surface area contributed by atoms with Crippen LogP contribution in [0.25, 0.3) is 11.1 Å². The Morgan fingerprint density at radius 1 is 1.10 bits per heavy atom. The van der Waals surface area contributed by atoms with Gasteiger partial charge >= 0.3 is 0 Å². The summed E-state index contributed by atoms with van der Waals surface area (Å²) in [5, 5.41) is 0. The van der Waals surface area contributed by atoms with Crippen molar-refractivity contribution in [1.29, 1.82) is 0 Å². The quantitative estimate of drug-likeness (QED) is 0.709. The molecule has 5 heteroatoms. The maximum Gasteiger partial charge on any atom is 0.230 e. The predicted molar refractivity (Wildman–Crippen MR) is 122 cm³/mol. The normalized spacial score (nSPS) is 20.9. The second kappa shape index (κ2) is 8.74. The number of ether oxygens (including phenoxy) is 1. The van der Waals surface area contributed by atoms with Crippen molar-refractivity contribution in [2.24, 2.45) is 11.3 Å². The number of carbonyl (C=O) groups is 2. The maximum atomic E-state index is 13.2. The van der Waals surface area contributed by atoms with Gasteiger partial charge in [0.25, 0.3) is 0 Å². The number of hydrogen-bond donors (Lipinski definition) is 0. The average molecular weight is 421 g/mol. The largest absolute Gasteiger partial charge is 0.496 e. The highest BCUT2D eigenvalue weighted by atomic mass is 16.5. The standard InChI is InChI=1S/C26H32N2O3/c1-27(2)25(30)26(15-16-28(18-26)24(29)21-7-6-8-21)17-19-11-13-20(14-12-19)22-9-4-5-10-23(22)31-3/h4-5,9-14,21H,6-8,15-18H2,1-3H3/t26-/m0/s1. The van der Waals surface area contributed by atoms with Crippen LogP contribution in [-0.2, 0) is 16.0 Å². The van der Waals surface area contributed by atoms with Crippen LogP contribution < -0.4 is 4.74 Å². The van der Waals surface area contributed by atoms with Crippen LogP contribution in [0, 0.1) is 11.3 Å². The van der Waals surface area contributed by atoms with Crippen molar-refractivity contribution in [2.45, 2.75) is 32.1 Å². The summed E-state index contributed by atoms with van der Waals surface area (Å²) < 4.78 is 5.49. The van der Waals surface area contributed by atoms with Gasteiger partial charge in [0, 0.05) is 38.7 Å². The maximum absolute atomic E-state index is 13.2. The van der Waals surface area contributed by atoms with E-state index in [0.29, 0.717) is 19.5 Å². The lowest BCUT2D eigenvalue weighted by atomic mass is 9.79. The van der Waals surface area contributed by atoms with E-state index in [9.17, 15) is 9.59 Å². The third kappa shape index (κ3) is 4.18. The van der Waals surface area contributed by atoms with Gasteiger partial charge in [-0.2, -0.15) is 0 Å². The summed E-state index contributed by atoms with van der Waals surface area (Å²) >= 11 is 0. The highest BCUT2D eigenvalue weighted by molar-refractivity contribution is 5.86. The highest BCUT2D eigenvalue weighted by Gasteiger charge is 2.47. The van der Waals surface area contributed by atoms with E-state index in [2.05, 4.69) is 24.3 Å². The summed E-state index contributed by atoms with van der Waals surface area (Å²) in [4.78, 5) is 29.7. The molecule has 0 N–H and O–H groups in total. The van der Waals surface area contributed by atoms with Gasteiger partial charge in [0.2, 0.25) is 11.8 Å². The molecule has 2 amide bonds. The van der Waals surface area contributed by atoms with Crippen LogP contribution in [0.4, 0.5) is 0 Å². The summed E-state index contributed by atoms with van der Waals surface area (Å²) in [6, 6.07) is 16.4. The van der Waals surface area contributed by atoms with E-state index >= 15 is 0 Å². The van der Waals surface area contributed by atoms with Crippen LogP contribution in [0.2, 0.25) is 0 Å². The smallest absolute Gasteiger partial charge is 0.230 e. The molecule has 1 aliphatic carbocycles. The molecule has 1 atom stereocenters. The number of methoxy groups -OCH3 is 1. The molecule has 1 saturated carbocycles. The molecule has 4 rings (SSSR count). The number of para-hydroxylation sites is 1. The minimum Gasteiger partial charge on any atom is -0.496 e. The topological polar surface area (TPSA) is 49.9 Å². The predicted octanol–water partition coefficient (Wildman–Crippen LogP) is 4.01. The van der Waals surface area contributed by atoms with Gasteiger partial charge in [0.05, 0.1) is 12.5 Å². The Morgan fingerprint density at radius 2 is 1.81 bits per heavy atom. The molecule has 1 heterocycles. The van der Waals surface area contributed by atoms with Gasteiger partial charge in [-0.1, -0.05) is 48.9 Å². The van der Waals surface area contributed by atoms with Gasteiger partial charge in [0.1, 0.15) is 5.75 Å². The minimum atomic E-state index is -0.547. The molecule has 2 fully saturated rings. The first-order chi connectivity index (χ1) is 14.9. The number of rotatable bonds is 6. The van der Waals surface area contributed by atoms with Crippen LogP contribution in [0.3, 0.4) is 0 Å². The molecule has 0 spiro atoms. The minimum absolute atomic E-state index is 0.116. The van der Waals surface area contributed by atoms with E-state index in [1.54, 1.807) is 12.0 Å². The third-order valence-corrected chi connectivity index (χ3v) is 6.89. The monoisotopic (exact) mass is 420 g/mol. The lowest BCUT2D eigenvalue weighted by Crippen LogP contribution is -2.46. The number of carbonyl (C=O) groups excluding carboxylic acids is 2. The first-order valence-electron chi connectivity index (χ1n) is 11.2. The summed E-state index contributed by atoms with van der Waals surface area (Å²) in [6.45, 7) is 1.20. The molecule has 164 valence electrons. The van der Waals surface area contributed by atoms with Crippen molar-refractivity contribution in [2.75, 3.05) is 34.3 Å². The fraction of sp³-hybridized carbons (Fsp3) is 0.462. The number of hydrogen-bond acceptors (Lipinski definition) is 3. The van der Waals surface area contributed by atoms with Crippen LogP contribution in [0.15, 0.2) is 48.5 Å². The zero-order valence-corrected chi connectivity index (χ0v) is 18.8. The first kappa shape index (κ1) is 21.4. The number of benzene rings is 2. The SMILES string of the molecule is COc1ccccc1-c1ccc(C[C@@]2(C(=O)N(C)C)CCN(C(=O)C3CCC3)C2)cc1. The zero-order valence-electron chi connectivity index (χ0n) is 18.8. The van der Waals surface area contributed by atoms with E-state index in [-0.39, 0.29) is 17.7 Å². The Balaban J connectivity index is 1.55. The Hall–Kier alpha value is -2.82. The van der Waals surface area contributed by atoms with Crippen molar-refractivity contribution >= 4 is 11.8 Å². The zero-order chi connectivity index (χ0) is 22.0. The van der Waals surface area contributed by atoms with Crippen molar-refractivity contribution in [1.82, 2.24) is 9.80 Å².